The predicted octanol–water partition coefficient (Wildman–Crippen LogP) is 1.70. The molecule has 0 saturated heterocycles. The summed E-state index contributed by atoms with van der Waals surface area (Å²) in [5, 5.41) is 6.73. The van der Waals surface area contributed by atoms with Gasteiger partial charge in [0.2, 0.25) is 4.77 Å². The summed E-state index contributed by atoms with van der Waals surface area (Å²) in [5.41, 5.74) is -0.0917. The Kier molecular flexibility index (Phi) is 3.53. The molecule has 0 amide bonds. The van der Waals surface area contributed by atoms with Crippen molar-refractivity contribution in [3.8, 4) is 0 Å². The number of hydrogen-bond donors (Lipinski definition) is 1. The van der Waals surface area contributed by atoms with Crippen LogP contribution in [0.25, 0.3) is 10.9 Å². The number of fused-ring (bicyclic) bond motifs is 1. The fraction of sp³-hybridized carbons (Fsp3) is 0.154. The molecule has 0 spiro atoms. The van der Waals surface area contributed by atoms with Crippen LogP contribution in [0.4, 0.5) is 0 Å². The lowest BCUT2D eigenvalue weighted by atomic mass is 10.2. The second-order valence-corrected chi connectivity index (χ2v) is 5.97. The number of halogens is 1. The van der Waals surface area contributed by atoms with Crippen LogP contribution in [0.1, 0.15) is 11.5 Å². The SMILES string of the molecule is Cc1n[nH]c(=S)n(-n2c(C)nc3ccc(Br)cc3c2=O)c1=O. The first-order valence-electron chi connectivity index (χ1n) is 6.28. The number of nitrogens with zero attached hydrogens (tertiary/aromatic N) is 4. The van der Waals surface area contributed by atoms with Crippen LogP contribution < -0.4 is 11.1 Å². The number of nitrogens with one attached hydrogen (secondary N) is 1. The van der Waals surface area contributed by atoms with Gasteiger partial charge in [-0.15, -0.1) is 0 Å². The Bertz CT molecular complexity index is 1080. The molecule has 0 bridgehead atoms. The molecule has 3 aromatic rings. The zero-order valence-corrected chi connectivity index (χ0v) is 14.0. The fourth-order valence-electron chi connectivity index (χ4n) is 2.15. The molecule has 0 aliphatic rings. The first kappa shape index (κ1) is 14.8. The molecule has 2 aromatic heterocycles. The normalized spacial score (nSPS) is 11.0. The van der Waals surface area contributed by atoms with Gasteiger partial charge in [0, 0.05) is 4.47 Å². The van der Waals surface area contributed by atoms with Crippen LogP contribution in [0.2, 0.25) is 0 Å². The van der Waals surface area contributed by atoms with Gasteiger partial charge in [-0.3, -0.25) is 14.7 Å². The second-order valence-electron chi connectivity index (χ2n) is 4.67. The van der Waals surface area contributed by atoms with Crippen molar-refractivity contribution >= 4 is 39.1 Å². The van der Waals surface area contributed by atoms with Gasteiger partial charge in [-0.2, -0.15) is 14.5 Å². The first-order chi connectivity index (χ1) is 10.4. The van der Waals surface area contributed by atoms with Crippen molar-refractivity contribution < 1.29 is 0 Å². The third-order valence-corrected chi connectivity index (χ3v) is 3.94. The van der Waals surface area contributed by atoms with E-state index in [1.807, 2.05) is 0 Å². The summed E-state index contributed by atoms with van der Waals surface area (Å²) in [4.78, 5) is 29.5. The largest absolute Gasteiger partial charge is 0.295 e. The van der Waals surface area contributed by atoms with Gasteiger partial charge >= 0.3 is 0 Å². The van der Waals surface area contributed by atoms with Crippen LogP contribution in [0.3, 0.4) is 0 Å². The summed E-state index contributed by atoms with van der Waals surface area (Å²) in [6.45, 7) is 3.18. The summed E-state index contributed by atoms with van der Waals surface area (Å²) in [6, 6.07) is 5.19. The minimum absolute atomic E-state index is 0.0250. The number of H-pyrrole nitrogens is 1. The number of benzene rings is 1. The van der Waals surface area contributed by atoms with E-state index in [0.717, 1.165) is 13.8 Å². The second kappa shape index (κ2) is 5.25. The Morgan fingerprint density at radius 3 is 2.64 bits per heavy atom. The van der Waals surface area contributed by atoms with Gasteiger partial charge in [0.15, 0.2) is 0 Å². The number of rotatable bonds is 1. The Morgan fingerprint density at radius 1 is 1.18 bits per heavy atom. The van der Waals surface area contributed by atoms with E-state index in [-0.39, 0.29) is 16.0 Å². The lowest BCUT2D eigenvalue weighted by molar-refractivity contribution is 0.540. The summed E-state index contributed by atoms with van der Waals surface area (Å²) in [7, 11) is 0. The Morgan fingerprint density at radius 2 is 1.91 bits per heavy atom. The molecule has 0 radical (unpaired) electrons. The highest BCUT2D eigenvalue weighted by Crippen LogP contribution is 2.15. The van der Waals surface area contributed by atoms with Gasteiger partial charge in [-0.25, -0.2) is 4.98 Å². The average Bonchev–Trinajstić information content (AvgIpc) is 2.47. The van der Waals surface area contributed by atoms with Crippen molar-refractivity contribution in [3.05, 3.63) is 59.7 Å². The molecule has 112 valence electrons. The van der Waals surface area contributed by atoms with Gasteiger partial charge < -0.3 is 0 Å². The van der Waals surface area contributed by atoms with Crippen molar-refractivity contribution in [2.24, 2.45) is 0 Å². The lowest BCUT2D eigenvalue weighted by Gasteiger charge is -2.13. The van der Waals surface area contributed by atoms with E-state index in [1.54, 1.807) is 25.1 Å². The summed E-state index contributed by atoms with van der Waals surface area (Å²) in [5.74, 6) is 0.354. The summed E-state index contributed by atoms with van der Waals surface area (Å²) < 4.78 is 3.00. The lowest BCUT2D eigenvalue weighted by Crippen LogP contribution is -2.39. The quantitative estimate of drug-likeness (QED) is 0.650. The van der Waals surface area contributed by atoms with Gasteiger partial charge in [0.05, 0.1) is 10.9 Å². The minimum Gasteiger partial charge on any atom is -0.267 e. The van der Waals surface area contributed by atoms with Crippen molar-refractivity contribution in [1.29, 1.82) is 0 Å². The number of hydrogen-bond acceptors (Lipinski definition) is 5. The van der Waals surface area contributed by atoms with Crippen LogP contribution >= 0.6 is 28.1 Å². The minimum atomic E-state index is -0.468. The van der Waals surface area contributed by atoms with E-state index in [4.69, 9.17) is 12.2 Å². The highest BCUT2D eigenvalue weighted by molar-refractivity contribution is 9.10. The van der Waals surface area contributed by atoms with Crippen LogP contribution in [0.5, 0.6) is 0 Å². The van der Waals surface area contributed by atoms with Gasteiger partial charge in [0.1, 0.15) is 11.5 Å². The number of aryl methyl sites for hydroxylation is 2. The molecule has 9 heteroatoms. The molecular weight excluding hydrogens is 370 g/mol. The van der Waals surface area contributed by atoms with Crippen LogP contribution in [-0.4, -0.2) is 24.5 Å². The van der Waals surface area contributed by atoms with Crippen LogP contribution in [0.15, 0.2) is 32.3 Å². The van der Waals surface area contributed by atoms with Crippen LogP contribution in [-0.2, 0) is 0 Å². The zero-order valence-electron chi connectivity index (χ0n) is 11.6. The highest BCUT2D eigenvalue weighted by atomic mass is 79.9. The molecule has 1 N–H and O–H groups in total. The van der Waals surface area contributed by atoms with Crippen molar-refractivity contribution in [3.63, 3.8) is 0 Å². The van der Waals surface area contributed by atoms with Gasteiger partial charge in [0.25, 0.3) is 11.1 Å². The van der Waals surface area contributed by atoms with E-state index < -0.39 is 5.56 Å². The van der Waals surface area contributed by atoms with Crippen LogP contribution in [0, 0.1) is 18.6 Å². The molecule has 22 heavy (non-hydrogen) atoms. The third kappa shape index (κ3) is 2.22. The molecule has 2 heterocycles. The standard InChI is InChI=1S/C13H10BrN5O2S/c1-6-11(20)19(13(22)17-16-6)18-7(2)15-10-4-3-8(14)5-9(10)12(18)21/h3-5H,1-2H3,(H,17,22). The maximum Gasteiger partial charge on any atom is 0.295 e. The smallest absolute Gasteiger partial charge is 0.267 e. The maximum atomic E-state index is 12.8. The Labute approximate surface area is 137 Å². The molecule has 0 fully saturated rings. The number of aromatic amines is 1. The third-order valence-electron chi connectivity index (χ3n) is 3.18. The topological polar surface area (TPSA) is 85.6 Å². The van der Waals surface area contributed by atoms with Crippen molar-refractivity contribution in [2.45, 2.75) is 13.8 Å². The zero-order chi connectivity index (χ0) is 16.0. The molecule has 3 rings (SSSR count). The molecule has 1 aromatic carbocycles. The van der Waals surface area contributed by atoms with E-state index in [2.05, 4.69) is 31.1 Å². The maximum absolute atomic E-state index is 12.8. The highest BCUT2D eigenvalue weighted by Gasteiger charge is 2.13. The predicted molar refractivity (Wildman–Crippen MR) is 87.7 cm³/mol. The van der Waals surface area contributed by atoms with Gasteiger partial charge in [-0.1, -0.05) is 15.9 Å². The van der Waals surface area contributed by atoms with E-state index >= 15 is 0 Å². The molecule has 0 aliphatic carbocycles. The fourth-order valence-corrected chi connectivity index (χ4v) is 2.72. The molecule has 0 saturated carbocycles. The van der Waals surface area contributed by atoms with Crippen molar-refractivity contribution in [1.82, 2.24) is 24.5 Å². The van der Waals surface area contributed by atoms with Gasteiger partial charge in [-0.05, 0) is 44.3 Å². The molecule has 0 aliphatic heterocycles. The monoisotopic (exact) mass is 379 g/mol. The number of aromatic nitrogens is 5. The van der Waals surface area contributed by atoms with E-state index in [1.165, 1.54) is 6.92 Å². The summed E-state index contributed by atoms with van der Waals surface area (Å²) >= 11 is 8.42. The first-order valence-corrected chi connectivity index (χ1v) is 7.48. The van der Waals surface area contributed by atoms with E-state index in [0.29, 0.717) is 16.7 Å². The average molecular weight is 380 g/mol. The van der Waals surface area contributed by atoms with Crippen molar-refractivity contribution in [2.75, 3.05) is 0 Å². The molecule has 0 unspecified atom stereocenters. The van der Waals surface area contributed by atoms with E-state index in [9.17, 15) is 9.59 Å². The molecule has 7 nitrogen and oxygen atoms in total. The molecule has 0 atom stereocenters. The Hall–Kier alpha value is -2.13. The Balaban J connectivity index is 2.53. The molecular formula is C13H10BrN5O2S. The summed E-state index contributed by atoms with van der Waals surface area (Å²) in [6.07, 6.45) is 0.